The lowest BCUT2D eigenvalue weighted by Crippen LogP contribution is -2.40. The molecule has 1 atom stereocenters. The molecule has 0 aliphatic rings. The summed E-state index contributed by atoms with van der Waals surface area (Å²) in [4.78, 5) is 20.5. The molecule has 0 aromatic heterocycles. The number of guanidine groups is 1. The van der Waals surface area contributed by atoms with Gasteiger partial charge in [0.1, 0.15) is 12.6 Å². The second-order valence-electron chi connectivity index (χ2n) is 3.14. The molecule has 0 saturated carbocycles. The Labute approximate surface area is 92.3 Å². The van der Waals surface area contributed by atoms with Gasteiger partial charge in [0.05, 0.1) is 0 Å². The fraction of sp³-hybridized carbons (Fsp3) is 0.625. The van der Waals surface area contributed by atoms with Crippen molar-refractivity contribution in [3.63, 3.8) is 0 Å². The number of carboxylic acids is 2. The minimum Gasteiger partial charge on any atom is -0.480 e. The highest BCUT2D eigenvalue weighted by atomic mass is 16.4. The molecule has 0 spiro atoms. The molecule has 0 unspecified atom stereocenters. The van der Waals surface area contributed by atoms with E-state index in [-0.39, 0.29) is 12.5 Å². The molecule has 8 heteroatoms. The lowest BCUT2D eigenvalue weighted by Gasteiger charge is -2.09. The summed E-state index contributed by atoms with van der Waals surface area (Å²) in [7, 11) is 0. The van der Waals surface area contributed by atoms with Crippen molar-refractivity contribution in [3.8, 4) is 0 Å². The normalized spacial score (nSPS) is 11.6. The van der Waals surface area contributed by atoms with Gasteiger partial charge in [-0.1, -0.05) is 0 Å². The first-order chi connectivity index (χ1) is 7.43. The fourth-order valence-electron chi connectivity index (χ4n) is 0.885. The Bertz CT molecular complexity index is 269. The minimum absolute atomic E-state index is 0.105. The van der Waals surface area contributed by atoms with E-state index in [9.17, 15) is 9.59 Å². The Kier molecular flexibility index (Phi) is 6.61. The van der Waals surface area contributed by atoms with Crippen molar-refractivity contribution >= 4 is 17.9 Å². The Hall–Kier alpha value is -1.83. The summed E-state index contributed by atoms with van der Waals surface area (Å²) in [5, 5.41) is 28.9. The monoisotopic (exact) mass is 232 g/mol. The van der Waals surface area contributed by atoms with Crippen LogP contribution in [0.5, 0.6) is 0 Å². The summed E-state index contributed by atoms with van der Waals surface area (Å²) >= 11 is 0. The molecule has 16 heavy (non-hydrogen) atoms. The molecule has 0 aromatic carbocycles. The molecule has 0 saturated heterocycles. The lowest BCUT2D eigenvalue weighted by molar-refractivity contribution is -0.139. The second-order valence-corrected chi connectivity index (χ2v) is 3.14. The molecule has 0 fully saturated rings. The molecular weight excluding hydrogens is 216 g/mol. The van der Waals surface area contributed by atoms with E-state index >= 15 is 0 Å². The van der Waals surface area contributed by atoms with Crippen LogP contribution in [0.15, 0.2) is 0 Å². The molecule has 0 aliphatic carbocycles. The van der Waals surface area contributed by atoms with Gasteiger partial charge in [0.25, 0.3) is 0 Å². The van der Waals surface area contributed by atoms with Crippen LogP contribution < -0.4 is 16.4 Å². The Morgan fingerprint density at radius 3 is 2.44 bits per heavy atom. The SMILES string of the molecule is N=C(NCCC[C@H](N)C(=O)O)NCC(=O)O. The van der Waals surface area contributed by atoms with Gasteiger partial charge in [0, 0.05) is 6.54 Å². The van der Waals surface area contributed by atoms with E-state index in [1.807, 2.05) is 0 Å². The fourth-order valence-corrected chi connectivity index (χ4v) is 0.885. The van der Waals surface area contributed by atoms with E-state index in [0.29, 0.717) is 19.4 Å². The number of rotatable bonds is 7. The van der Waals surface area contributed by atoms with Crippen LogP contribution in [0.3, 0.4) is 0 Å². The molecule has 0 aromatic rings. The maximum Gasteiger partial charge on any atom is 0.322 e. The third kappa shape index (κ3) is 7.56. The second kappa shape index (κ2) is 7.46. The van der Waals surface area contributed by atoms with Crippen LogP contribution in [0.2, 0.25) is 0 Å². The molecule has 0 amide bonds. The van der Waals surface area contributed by atoms with E-state index < -0.39 is 18.0 Å². The van der Waals surface area contributed by atoms with E-state index in [1.54, 1.807) is 0 Å². The molecule has 92 valence electrons. The summed E-state index contributed by atoms with van der Waals surface area (Å²) in [6.45, 7) is 0.0346. The quantitative estimate of drug-likeness (QED) is 0.175. The summed E-state index contributed by atoms with van der Waals surface area (Å²) in [6.07, 6.45) is 0.791. The topological polar surface area (TPSA) is 149 Å². The average Bonchev–Trinajstić information content (AvgIpc) is 2.20. The van der Waals surface area contributed by atoms with Gasteiger partial charge in [-0.05, 0) is 12.8 Å². The van der Waals surface area contributed by atoms with Gasteiger partial charge < -0.3 is 26.6 Å². The zero-order valence-electron chi connectivity index (χ0n) is 8.69. The Morgan fingerprint density at radius 2 is 1.94 bits per heavy atom. The van der Waals surface area contributed by atoms with Crippen molar-refractivity contribution < 1.29 is 19.8 Å². The number of carboxylic acid groups (broad SMARTS) is 2. The maximum absolute atomic E-state index is 10.3. The van der Waals surface area contributed by atoms with Crippen molar-refractivity contribution in [3.05, 3.63) is 0 Å². The van der Waals surface area contributed by atoms with Crippen LogP contribution in [0.25, 0.3) is 0 Å². The smallest absolute Gasteiger partial charge is 0.322 e. The van der Waals surface area contributed by atoms with Gasteiger partial charge in [0.2, 0.25) is 0 Å². The lowest BCUT2D eigenvalue weighted by atomic mass is 10.2. The highest BCUT2D eigenvalue weighted by molar-refractivity contribution is 5.81. The highest BCUT2D eigenvalue weighted by Crippen LogP contribution is 1.92. The summed E-state index contributed by atoms with van der Waals surface area (Å²) in [5.41, 5.74) is 5.26. The molecule has 7 N–H and O–H groups in total. The predicted octanol–water partition coefficient (Wildman–Crippen LogP) is -1.62. The first-order valence-corrected chi connectivity index (χ1v) is 4.70. The van der Waals surface area contributed by atoms with Gasteiger partial charge in [-0.15, -0.1) is 0 Å². The van der Waals surface area contributed by atoms with Crippen LogP contribution in [-0.4, -0.2) is 47.2 Å². The zero-order chi connectivity index (χ0) is 12.6. The average molecular weight is 232 g/mol. The highest BCUT2D eigenvalue weighted by Gasteiger charge is 2.10. The minimum atomic E-state index is -1.06. The molecular formula is C8H16N4O4. The largest absolute Gasteiger partial charge is 0.480 e. The third-order valence-corrected chi connectivity index (χ3v) is 1.73. The number of aliphatic carboxylic acids is 2. The van der Waals surface area contributed by atoms with Gasteiger partial charge >= 0.3 is 11.9 Å². The summed E-state index contributed by atoms with van der Waals surface area (Å²) in [5.74, 6) is -2.22. The van der Waals surface area contributed by atoms with Gasteiger partial charge in [-0.3, -0.25) is 15.0 Å². The third-order valence-electron chi connectivity index (χ3n) is 1.73. The number of nitrogens with one attached hydrogen (secondary N) is 3. The van der Waals surface area contributed by atoms with Crippen LogP contribution in [-0.2, 0) is 9.59 Å². The van der Waals surface area contributed by atoms with Crippen molar-refractivity contribution in [1.82, 2.24) is 10.6 Å². The van der Waals surface area contributed by atoms with Gasteiger partial charge in [-0.2, -0.15) is 0 Å². The Balaban J connectivity index is 3.48. The standard InChI is InChI=1S/C8H16N4O4/c9-5(7(15)16)2-1-3-11-8(10)12-4-6(13)14/h5H,1-4,9H2,(H,13,14)(H,15,16)(H3,10,11,12)/t5-/m0/s1. The van der Waals surface area contributed by atoms with E-state index in [4.69, 9.17) is 21.4 Å². The number of carbonyl (C=O) groups is 2. The zero-order valence-corrected chi connectivity index (χ0v) is 8.69. The Morgan fingerprint density at radius 1 is 1.31 bits per heavy atom. The molecule has 0 bridgehead atoms. The molecule has 0 rings (SSSR count). The van der Waals surface area contributed by atoms with Crippen LogP contribution in [0.1, 0.15) is 12.8 Å². The van der Waals surface area contributed by atoms with Crippen molar-refractivity contribution in [1.29, 1.82) is 5.41 Å². The van der Waals surface area contributed by atoms with Gasteiger partial charge in [-0.25, -0.2) is 0 Å². The number of nitrogens with two attached hydrogens (primary N) is 1. The molecule has 8 nitrogen and oxygen atoms in total. The van der Waals surface area contributed by atoms with E-state index in [1.165, 1.54) is 0 Å². The maximum atomic E-state index is 10.3. The van der Waals surface area contributed by atoms with Crippen LogP contribution in [0, 0.1) is 5.41 Å². The van der Waals surface area contributed by atoms with E-state index in [0.717, 1.165) is 0 Å². The van der Waals surface area contributed by atoms with Crippen LogP contribution in [0.4, 0.5) is 0 Å². The molecule has 0 radical (unpaired) electrons. The van der Waals surface area contributed by atoms with Crippen molar-refractivity contribution in [2.24, 2.45) is 5.73 Å². The van der Waals surface area contributed by atoms with Gasteiger partial charge in [0.15, 0.2) is 5.96 Å². The summed E-state index contributed by atoms with van der Waals surface area (Å²) < 4.78 is 0. The number of hydrogen-bond donors (Lipinski definition) is 6. The van der Waals surface area contributed by atoms with Crippen molar-refractivity contribution in [2.75, 3.05) is 13.1 Å². The van der Waals surface area contributed by atoms with Crippen molar-refractivity contribution in [2.45, 2.75) is 18.9 Å². The first kappa shape index (κ1) is 14.2. The first-order valence-electron chi connectivity index (χ1n) is 4.70. The van der Waals surface area contributed by atoms with Crippen LogP contribution >= 0.6 is 0 Å². The predicted molar refractivity (Wildman–Crippen MR) is 56.2 cm³/mol. The molecule has 0 heterocycles. The van der Waals surface area contributed by atoms with E-state index in [2.05, 4.69) is 10.6 Å². The molecule has 0 aliphatic heterocycles. The number of hydrogen-bond acceptors (Lipinski definition) is 4. The summed E-state index contributed by atoms with van der Waals surface area (Å²) in [6, 6.07) is -0.900.